The van der Waals surface area contributed by atoms with Gasteiger partial charge in [0.25, 0.3) is 0 Å². The minimum absolute atomic E-state index is 0.0906. The number of hydrogen-bond donors (Lipinski definition) is 0. The topological polar surface area (TPSA) is 27.7 Å². The molecule has 2 rings (SSSR count). The van der Waals surface area contributed by atoms with Crippen LogP contribution in [0, 0.1) is 35.5 Å². The lowest BCUT2D eigenvalue weighted by Crippen LogP contribution is -2.52. The van der Waals surface area contributed by atoms with Crippen molar-refractivity contribution < 1.29 is 14.2 Å². The maximum absolute atomic E-state index is 6.69. The van der Waals surface area contributed by atoms with Crippen LogP contribution in [-0.2, 0) is 14.2 Å². The van der Waals surface area contributed by atoms with Gasteiger partial charge in [-0.15, -0.1) is 0 Å². The van der Waals surface area contributed by atoms with Crippen molar-refractivity contribution in [2.24, 2.45) is 35.5 Å². The van der Waals surface area contributed by atoms with E-state index < -0.39 is 0 Å². The molecule has 0 aromatic carbocycles. The summed E-state index contributed by atoms with van der Waals surface area (Å²) in [5, 5.41) is 0. The first kappa shape index (κ1) is 19.2. The Morgan fingerprint density at radius 3 is 2.13 bits per heavy atom. The van der Waals surface area contributed by atoms with Crippen LogP contribution in [0.4, 0.5) is 0 Å². The molecule has 2 aliphatic rings. The first-order chi connectivity index (χ1) is 10.8. The summed E-state index contributed by atoms with van der Waals surface area (Å²) < 4.78 is 18.2. The maximum atomic E-state index is 6.69. The smallest absolute Gasteiger partial charge is 0.160 e. The number of rotatable bonds is 4. The fourth-order valence-electron chi connectivity index (χ4n) is 5.05. The van der Waals surface area contributed by atoms with Crippen LogP contribution in [0.1, 0.15) is 61.3 Å². The highest BCUT2D eigenvalue weighted by Gasteiger charge is 2.44. The van der Waals surface area contributed by atoms with E-state index in [1.165, 1.54) is 12.8 Å². The average molecular weight is 327 g/mol. The van der Waals surface area contributed by atoms with Crippen molar-refractivity contribution in [3.05, 3.63) is 0 Å². The first-order valence-electron chi connectivity index (χ1n) is 9.65. The predicted octanol–water partition coefficient (Wildman–Crippen LogP) is 4.74. The Labute approximate surface area is 143 Å². The van der Waals surface area contributed by atoms with E-state index in [1.54, 1.807) is 7.11 Å². The van der Waals surface area contributed by atoms with Crippen LogP contribution in [0.3, 0.4) is 0 Å². The van der Waals surface area contributed by atoms with Gasteiger partial charge in [0.15, 0.2) is 6.29 Å². The van der Waals surface area contributed by atoms with E-state index in [-0.39, 0.29) is 18.5 Å². The van der Waals surface area contributed by atoms with Crippen molar-refractivity contribution in [1.82, 2.24) is 0 Å². The predicted molar refractivity (Wildman–Crippen MR) is 94.2 cm³/mol. The lowest BCUT2D eigenvalue weighted by molar-refractivity contribution is -0.271. The van der Waals surface area contributed by atoms with Crippen LogP contribution in [-0.4, -0.2) is 31.7 Å². The Kier molecular flexibility index (Phi) is 6.55. The van der Waals surface area contributed by atoms with Crippen LogP contribution in [0.2, 0.25) is 0 Å². The molecule has 0 aromatic heterocycles. The highest BCUT2D eigenvalue weighted by Crippen LogP contribution is 2.43. The zero-order valence-electron chi connectivity index (χ0n) is 16.4. The van der Waals surface area contributed by atoms with Crippen molar-refractivity contribution in [2.45, 2.75) is 85.9 Å². The molecular weight excluding hydrogens is 288 g/mol. The second-order valence-corrected chi connectivity index (χ2v) is 8.31. The van der Waals surface area contributed by atoms with Gasteiger partial charge in [0.2, 0.25) is 0 Å². The molecule has 5 unspecified atom stereocenters. The Bertz CT molecular complexity index is 372. The Balaban J connectivity index is 2.06. The van der Waals surface area contributed by atoms with Gasteiger partial charge in [0, 0.05) is 13.0 Å². The van der Waals surface area contributed by atoms with Crippen molar-refractivity contribution in [2.75, 3.05) is 7.11 Å². The summed E-state index contributed by atoms with van der Waals surface area (Å²) in [6.07, 6.45) is 2.97. The third kappa shape index (κ3) is 3.77. The zero-order valence-corrected chi connectivity index (χ0v) is 16.4. The second-order valence-electron chi connectivity index (χ2n) is 8.31. The lowest BCUT2D eigenvalue weighted by atomic mass is 9.66. The summed E-state index contributed by atoms with van der Waals surface area (Å²) in [5.41, 5.74) is 0. The van der Waals surface area contributed by atoms with Gasteiger partial charge in [0.05, 0.1) is 18.3 Å². The van der Waals surface area contributed by atoms with Crippen molar-refractivity contribution in [3.63, 3.8) is 0 Å². The number of hydrogen-bond acceptors (Lipinski definition) is 3. The Morgan fingerprint density at radius 1 is 0.913 bits per heavy atom. The summed E-state index contributed by atoms with van der Waals surface area (Å²) in [5.74, 6) is 3.73. The fraction of sp³-hybridized carbons (Fsp3) is 1.00. The maximum Gasteiger partial charge on any atom is 0.160 e. The molecule has 0 spiro atoms. The molecule has 0 radical (unpaired) electrons. The van der Waals surface area contributed by atoms with Crippen LogP contribution >= 0.6 is 0 Å². The molecule has 0 N–H and O–H groups in total. The largest absolute Gasteiger partial charge is 0.372 e. The quantitative estimate of drug-likeness (QED) is 0.746. The van der Waals surface area contributed by atoms with Crippen LogP contribution in [0.5, 0.6) is 0 Å². The monoisotopic (exact) mass is 326 g/mol. The molecule has 23 heavy (non-hydrogen) atoms. The summed E-state index contributed by atoms with van der Waals surface area (Å²) in [6, 6.07) is 0. The molecule has 2 fully saturated rings. The molecule has 3 nitrogen and oxygen atoms in total. The molecule has 1 aliphatic carbocycles. The van der Waals surface area contributed by atoms with E-state index in [4.69, 9.17) is 14.2 Å². The molecule has 1 saturated carbocycles. The van der Waals surface area contributed by atoms with Gasteiger partial charge in [-0.3, -0.25) is 0 Å². The van der Waals surface area contributed by atoms with Crippen LogP contribution in [0.25, 0.3) is 0 Å². The number of ether oxygens (including phenoxy) is 3. The third-order valence-electron chi connectivity index (χ3n) is 7.05. The van der Waals surface area contributed by atoms with E-state index in [1.807, 2.05) is 0 Å². The summed E-state index contributed by atoms with van der Waals surface area (Å²) in [6.45, 7) is 16.2. The Hall–Kier alpha value is -0.120. The van der Waals surface area contributed by atoms with Crippen LogP contribution < -0.4 is 0 Å². The van der Waals surface area contributed by atoms with E-state index >= 15 is 0 Å². The van der Waals surface area contributed by atoms with Gasteiger partial charge in [-0.2, -0.15) is 0 Å². The van der Waals surface area contributed by atoms with Crippen molar-refractivity contribution in [3.8, 4) is 0 Å². The average Bonchev–Trinajstić information content (AvgIpc) is 2.52. The minimum atomic E-state index is -0.106. The van der Waals surface area contributed by atoms with Gasteiger partial charge in [-0.25, -0.2) is 0 Å². The van der Waals surface area contributed by atoms with Gasteiger partial charge >= 0.3 is 0 Å². The molecule has 136 valence electrons. The third-order valence-corrected chi connectivity index (χ3v) is 7.05. The summed E-state index contributed by atoms with van der Waals surface area (Å²) >= 11 is 0. The highest BCUT2D eigenvalue weighted by molar-refractivity contribution is 4.90. The molecule has 0 aromatic rings. The van der Waals surface area contributed by atoms with E-state index in [2.05, 4.69) is 48.5 Å². The van der Waals surface area contributed by atoms with E-state index in [9.17, 15) is 0 Å². The molecule has 10 atom stereocenters. The van der Waals surface area contributed by atoms with Gasteiger partial charge in [-0.1, -0.05) is 48.0 Å². The minimum Gasteiger partial charge on any atom is -0.372 e. The molecular formula is C20H38O3. The molecule has 0 amide bonds. The van der Waals surface area contributed by atoms with Gasteiger partial charge in [-0.05, 0) is 42.9 Å². The molecule has 0 bridgehead atoms. The summed E-state index contributed by atoms with van der Waals surface area (Å²) in [4.78, 5) is 0. The van der Waals surface area contributed by atoms with Gasteiger partial charge < -0.3 is 14.2 Å². The van der Waals surface area contributed by atoms with Crippen molar-refractivity contribution in [1.29, 1.82) is 0 Å². The summed E-state index contributed by atoms with van der Waals surface area (Å²) in [7, 11) is 1.74. The molecule has 3 heteroatoms. The van der Waals surface area contributed by atoms with E-state index in [0.717, 1.165) is 17.8 Å². The Morgan fingerprint density at radius 2 is 1.57 bits per heavy atom. The number of methoxy groups -OCH3 is 1. The molecule has 1 aliphatic heterocycles. The van der Waals surface area contributed by atoms with E-state index in [0.29, 0.717) is 23.9 Å². The highest BCUT2D eigenvalue weighted by atomic mass is 16.7. The standard InChI is InChI=1S/C20H38O3/c1-9-17-11(2)10-18(13(4)12(17)3)23-19-14(5)15(6)20(21-8)22-16(19)7/h11-20H,9-10H2,1-8H3/t11?,12-,13?,14?,15?,16?,17-,18-,19+,20-/m1/s1. The normalized spacial score (nSPS) is 51.7. The zero-order chi connectivity index (χ0) is 17.3. The lowest BCUT2D eigenvalue weighted by Gasteiger charge is -2.48. The fourth-order valence-corrected chi connectivity index (χ4v) is 5.05. The molecule has 1 heterocycles. The van der Waals surface area contributed by atoms with Crippen molar-refractivity contribution >= 4 is 0 Å². The van der Waals surface area contributed by atoms with Crippen LogP contribution in [0.15, 0.2) is 0 Å². The SMILES string of the molecule is CC[C@@H]1C(C)C[C@@H](O[C@@H]2C(C)O[C@@H](OC)C(C)C2C)C(C)[C@H]1C. The second kappa shape index (κ2) is 7.84. The van der Waals surface area contributed by atoms with Gasteiger partial charge in [0.1, 0.15) is 0 Å². The first-order valence-corrected chi connectivity index (χ1v) is 9.65. The molecule has 1 saturated heterocycles.